The molecule has 0 aliphatic carbocycles. The monoisotopic (exact) mass is 316 g/mol. The zero-order valence-corrected chi connectivity index (χ0v) is 12.5. The van der Waals surface area contributed by atoms with Crippen LogP contribution in [0.3, 0.4) is 0 Å². The van der Waals surface area contributed by atoms with E-state index in [1.54, 1.807) is 6.92 Å². The molecule has 0 amide bonds. The van der Waals surface area contributed by atoms with Gasteiger partial charge in [-0.25, -0.2) is 8.42 Å². The zero-order chi connectivity index (χ0) is 15.6. The molecule has 1 saturated heterocycles. The minimum Gasteiger partial charge on any atom is -0.258 e. The molecular weight excluding hydrogens is 299 g/mol. The lowest BCUT2D eigenvalue weighted by Crippen LogP contribution is -2.38. The molecule has 0 bridgehead atoms. The third-order valence-corrected chi connectivity index (χ3v) is 5.76. The molecule has 2 rings (SSSR count). The second-order valence-corrected chi connectivity index (χ2v) is 7.02. The van der Waals surface area contributed by atoms with Crippen molar-refractivity contribution in [2.45, 2.75) is 43.5 Å². The molecule has 1 unspecified atom stereocenters. The zero-order valence-electron chi connectivity index (χ0n) is 11.7. The summed E-state index contributed by atoms with van der Waals surface area (Å²) < 4.78 is 40.3. The highest BCUT2D eigenvalue weighted by molar-refractivity contribution is 7.89. The Balaban J connectivity index is 2.53. The van der Waals surface area contributed by atoms with Gasteiger partial charge < -0.3 is 0 Å². The highest BCUT2D eigenvalue weighted by atomic mass is 32.2. The van der Waals surface area contributed by atoms with Crippen molar-refractivity contribution in [1.29, 1.82) is 0 Å². The Morgan fingerprint density at radius 2 is 2.05 bits per heavy atom. The number of rotatable bonds is 3. The molecule has 0 saturated carbocycles. The van der Waals surface area contributed by atoms with E-state index in [4.69, 9.17) is 0 Å². The maximum Gasteiger partial charge on any atom is 0.324 e. The molecule has 1 fully saturated rings. The highest BCUT2D eigenvalue weighted by Gasteiger charge is 2.36. The summed E-state index contributed by atoms with van der Waals surface area (Å²) in [7, 11) is -4.08. The lowest BCUT2D eigenvalue weighted by atomic mass is 10.1. The molecule has 1 aromatic rings. The van der Waals surface area contributed by atoms with Crippen molar-refractivity contribution in [2.24, 2.45) is 0 Å². The van der Waals surface area contributed by atoms with Crippen LogP contribution in [0.15, 0.2) is 23.1 Å². The molecule has 0 aromatic heterocycles. The van der Waals surface area contributed by atoms with E-state index in [9.17, 15) is 22.9 Å². The predicted molar refractivity (Wildman–Crippen MR) is 74.9 cm³/mol. The first-order valence-electron chi connectivity index (χ1n) is 6.80. The van der Waals surface area contributed by atoms with Crippen molar-refractivity contribution in [2.75, 3.05) is 6.54 Å². The molecule has 1 aliphatic heterocycles. The molecule has 0 N–H and O–H groups in total. The summed E-state index contributed by atoms with van der Waals surface area (Å²) >= 11 is 0. The van der Waals surface area contributed by atoms with Gasteiger partial charge in [-0.3, -0.25) is 10.1 Å². The SMILES string of the molecule is CC1CCCCCN1S(=O)(=O)c1cccc(F)c1[N+](=O)[O-]. The fraction of sp³-hybridized carbons (Fsp3) is 0.538. The van der Waals surface area contributed by atoms with E-state index in [2.05, 4.69) is 0 Å². The van der Waals surface area contributed by atoms with E-state index in [1.165, 1.54) is 10.4 Å². The van der Waals surface area contributed by atoms with E-state index in [1.807, 2.05) is 0 Å². The summed E-state index contributed by atoms with van der Waals surface area (Å²) in [6.07, 6.45) is 3.23. The summed E-state index contributed by atoms with van der Waals surface area (Å²) in [6.45, 7) is 2.07. The fourth-order valence-corrected chi connectivity index (χ4v) is 4.48. The minimum atomic E-state index is -4.08. The summed E-state index contributed by atoms with van der Waals surface area (Å²) in [6, 6.07) is 2.91. The number of nitro groups is 1. The highest BCUT2D eigenvalue weighted by Crippen LogP contribution is 2.31. The van der Waals surface area contributed by atoms with E-state index in [0.717, 1.165) is 25.0 Å². The largest absolute Gasteiger partial charge is 0.324 e. The smallest absolute Gasteiger partial charge is 0.258 e. The first kappa shape index (κ1) is 15.8. The van der Waals surface area contributed by atoms with Gasteiger partial charge in [-0.1, -0.05) is 18.9 Å². The van der Waals surface area contributed by atoms with Crippen LogP contribution in [0, 0.1) is 15.9 Å². The molecule has 6 nitrogen and oxygen atoms in total. The average molecular weight is 316 g/mol. The van der Waals surface area contributed by atoms with Crippen LogP contribution in [0.2, 0.25) is 0 Å². The van der Waals surface area contributed by atoms with Crippen LogP contribution in [0.4, 0.5) is 10.1 Å². The maximum atomic E-state index is 13.7. The van der Waals surface area contributed by atoms with Gasteiger partial charge in [0.1, 0.15) is 0 Å². The van der Waals surface area contributed by atoms with Crippen LogP contribution in [0.5, 0.6) is 0 Å². The van der Waals surface area contributed by atoms with E-state index in [0.29, 0.717) is 19.4 Å². The van der Waals surface area contributed by atoms with Crippen molar-refractivity contribution in [3.05, 3.63) is 34.1 Å². The van der Waals surface area contributed by atoms with Crippen molar-refractivity contribution in [3.8, 4) is 0 Å². The Bertz CT molecular complexity index is 648. The molecule has 1 aliphatic rings. The number of nitro benzene ring substituents is 1. The third-order valence-electron chi connectivity index (χ3n) is 3.71. The van der Waals surface area contributed by atoms with Gasteiger partial charge in [-0.2, -0.15) is 8.70 Å². The lowest BCUT2D eigenvalue weighted by Gasteiger charge is -2.26. The number of hydrogen-bond acceptors (Lipinski definition) is 4. The van der Waals surface area contributed by atoms with Gasteiger partial charge in [-0.05, 0) is 31.9 Å². The van der Waals surface area contributed by atoms with Crippen LogP contribution in [-0.2, 0) is 10.0 Å². The van der Waals surface area contributed by atoms with Crippen LogP contribution >= 0.6 is 0 Å². The summed E-state index contributed by atoms with van der Waals surface area (Å²) in [5.41, 5.74) is -0.978. The third kappa shape index (κ3) is 3.06. The molecule has 21 heavy (non-hydrogen) atoms. The fourth-order valence-electron chi connectivity index (χ4n) is 2.61. The van der Waals surface area contributed by atoms with Gasteiger partial charge in [0.05, 0.1) is 4.92 Å². The van der Waals surface area contributed by atoms with E-state index >= 15 is 0 Å². The molecule has 1 atom stereocenters. The molecule has 1 aromatic carbocycles. The summed E-state index contributed by atoms with van der Waals surface area (Å²) in [4.78, 5) is 9.45. The Morgan fingerprint density at radius 3 is 2.71 bits per heavy atom. The van der Waals surface area contributed by atoms with Gasteiger partial charge in [0.15, 0.2) is 4.90 Å². The second-order valence-electron chi connectivity index (χ2n) is 5.16. The Hall–Kier alpha value is -1.54. The van der Waals surface area contributed by atoms with Gasteiger partial charge in [0, 0.05) is 12.6 Å². The first-order chi connectivity index (χ1) is 9.85. The van der Waals surface area contributed by atoms with Crippen molar-refractivity contribution >= 4 is 15.7 Å². The van der Waals surface area contributed by atoms with Gasteiger partial charge >= 0.3 is 5.69 Å². The quantitative estimate of drug-likeness (QED) is 0.634. The van der Waals surface area contributed by atoms with Crippen molar-refractivity contribution in [3.63, 3.8) is 0 Å². The second kappa shape index (κ2) is 6.07. The molecular formula is C13H17FN2O4S. The van der Waals surface area contributed by atoms with E-state index in [-0.39, 0.29) is 6.04 Å². The van der Waals surface area contributed by atoms with Crippen LogP contribution < -0.4 is 0 Å². The molecule has 116 valence electrons. The molecule has 1 heterocycles. The predicted octanol–water partition coefficient (Wildman–Crippen LogP) is 2.69. The number of para-hydroxylation sites is 1. The Morgan fingerprint density at radius 1 is 1.33 bits per heavy atom. The van der Waals surface area contributed by atoms with Gasteiger partial charge in [0.25, 0.3) is 0 Å². The lowest BCUT2D eigenvalue weighted by molar-refractivity contribution is -0.390. The summed E-state index contributed by atoms with van der Waals surface area (Å²) in [5.74, 6) is -1.14. The van der Waals surface area contributed by atoms with Crippen molar-refractivity contribution in [1.82, 2.24) is 4.31 Å². The average Bonchev–Trinajstić information content (AvgIpc) is 2.63. The van der Waals surface area contributed by atoms with Crippen LogP contribution in [0.25, 0.3) is 0 Å². The number of sulfonamides is 1. The number of nitrogens with zero attached hydrogens (tertiary/aromatic N) is 2. The van der Waals surface area contributed by atoms with Crippen LogP contribution in [0.1, 0.15) is 32.6 Å². The first-order valence-corrected chi connectivity index (χ1v) is 8.24. The normalized spacial score (nSPS) is 21.0. The topological polar surface area (TPSA) is 80.5 Å². The standard InChI is InChI=1S/C13H17FN2O4S/c1-10-6-3-2-4-9-15(10)21(19,20)12-8-5-7-11(14)13(12)16(17)18/h5,7-8,10H,2-4,6,9H2,1H3. The molecule has 0 spiro atoms. The Labute approximate surface area is 122 Å². The van der Waals surface area contributed by atoms with Gasteiger partial charge in [0.2, 0.25) is 15.8 Å². The minimum absolute atomic E-state index is 0.250. The van der Waals surface area contributed by atoms with Crippen LogP contribution in [-0.4, -0.2) is 30.2 Å². The van der Waals surface area contributed by atoms with Gasteiger partial charge in [-0.15, -0.1) is 0 Å². The number of halogens is 1. The van der Waals surface area contributed by atoms with Crippen molar-refractivity contribution < 1.29 is 17.7 Å². The number of hydrogen-bond donors (Lipinski definition) is 0. The number of benzene rings is 1. The molecule has 8 heteroatoms. The molecule has 0 radical (unpaired) electrons. The maximum absolute atomic E-state index is 13.7. The Kier molecular flexibility index (Phi) is 4.58. The van der Waals surface area contributed by atoms with E-state index < -0.39 is 31.3 Å². The summed E-state index contributed by atoms with van der Waals surface area (Å²) in [5, 5.41) is 11.0.